The maximum Gasteiger partial charge on any atom is 0.393 e. The van der Waals surface area contributed by atoms with E-state index in [1.807, 2.05) is 12.1 Å². The van der Waals surface area contributed by atoms with Crippen LogP contribution in [0.5, 0.6) is 5.75 Å². The van der Waals surface area contributed by atoms with Gasteiger partial charge in [-0.05, 0) is 37.6 Å². The lowest BCUT2D eigenvalue weighted by atomic mass is 9.86. The Hall–Kier alpha value is -3.36. The first-order valence-electron chi connectivity index (χ1n) is 12.1. The number of ether oxygens (including phenoxy) is 1. The minimum atomic E-state index is -4.24. The first-order chi connectivity index (χ1) is 17.7. The average molecular weight is 527 g/mol. The monoisotopic (exact) mass is 526 g/mol. The second-order valence-corrected chi connectivity index (χ2v) is 11.2. The minimum Gasteiger partial charge on any atom is -0.496 e. The van der Waals surface area contributed by atoms with E-state index >= 15 is 0 Å². The predicted molar refractivity (Wildman–Crippen MR) is 136 cm³/mol. The average Bonchev–Trinajstić information content (AvgIpc) is 3.63. The number of alkyl halides is 3. The largest absolute Gasteiger partial charge is 0.496 e. The van der Waals surface area contributed by atoms with E-state index in [4.69, 9.17) is 4.74 Å². The summed E-state index contributed by atoms with van der Waals surface area (Å²) in [6.45, 7) is 4.27. The normalized spacial score (nSPS) is 20.5. The number of H-pyrrole nitrogens is 1. The molecule has 0 amide bonds. The lowest BCUT2D eigenvalue weighted by Crippen LogP contribution is -2.31. The second-order valence-electron chi connectivity index (χ2n) is 10.1. The smallest absolute Gasteiger partial charge is 0.393 e. The van der Waals surface area contributed by atoms with Gasteiger partial charge in [-0.3, -0.25) is 4.90 Å². The van der Waals surface area contributed by atoms with Gasteiger partial charge in [0, 0.05) is 53.5 Å². The van der Waals surface area contributed by atoms with Crippen molar-refractivity contribution < 1.29 is 17.9 Å². The summed E-state index contributed by atoms with van der Waals surface area (Å²) >= 11 is 1.09. The quantitative estimate of drug-likeness (QED) is 0.382. The standard InChI is InChI=1S/C26H25F3N6OS/c1-36-22-9-21-16(7-18(11-30)33-21)6-17(22)12-34-4-2-25(13-34)3-5-35(14-25)23-20-8-19(10-26(27,28)29)37-24(20)32-15-31-23/h6-9,15,33H,2-5,10,12-14H2,1H3. The topological polar surface area (TPSA) is 81.1 Å². The number of anilines is 1. The van der Waals surface area contributed by atoms with E-state index < -0.39 is 12.6 Å². The summed E-state index contributed by atoms with van der Waals surface area (Å²) in [5.41, 5.74) is 2.60. The first kappa shape index (κ1) is 24.0. The van der Waals surface area contributed by atoms with Gasteiger partial charge in [0.2, 0.25) is 0 Å². The summed E-state index contributed by atoms with van der Waals surface area (Å²) in [7, 11) is 1.66. The zero-order valence-electron chi connectivity index (χ0n) is 20.2. The van der Waals surface area contributed by atoms with Gasteiger partial charge >= 0.3 is 6.18 Å². The lowest BCUT2D eigenvalue weighted by Gasteiger charge is -2.25. The Morgan fingerprint density at radius 1 is 1.16 bits per heavy atom. The molecule has 192 valence electrons. The molecule has 0 radical (unpaired) electrons. The molecule has 1 aromatic carbocycles. The number of nitriles is 1. The van der Waals surface area contributed by atoms with Crippen LogP contribution in [-0.4, -0.2) is 59.3 Å². The summed E-state index contributed by atoms with van der Waals surface area (Å²) in [5, 5.41) is 10.9. The van der Waals surface area contributed by atoms with Crippen LogP contribution in [-0.2, 0) is 13.0 Å². The molecule has 2 fully saturated rings. The van der Waals surface area contributed by atoms with Gasteiger partial charge in [0.05, 0.1) is 24.4 Å². The van der Waals surface area contributed by atoms with Crippen LogP contribution in [0.2, 0.25) is 0 Å². The Morgan fingerprint density at radius 3 is 2.78 bits per heavy atom. The van der Waals surface area contributed by atoms with Crippen LogP contribution < -0.4 is 9.64 Å². The number of aromatic nitrogens is 3. The van der Waals surface area contributed by atoms with Crippen LogP contribution in [0.1, 0.15) is 29.0 Å². The number of likely N-dealkylation sites (tertiary alicyclic amines) is 1. The lowest BCUT2D eigenvalue weighted by molar-refractivity contribution is -0.126. The molecule has 1 spiro atoms. The van der Waals surface area contributed by atoms with Crippen LogP contribution in [0.25, 0.3) is 21.1 Å². The Morgan fingerprint density at radius 2 is 2.00 bits per heavy atom. The maximum atomic E-state index is 12.9. The number of fused-ring (bicyclic) bond motifs is 2. The molecular formula is C26H25F3N6OS. The third kappa shape index (κ3) is 4.60. The zero-order valence-corrected chi connectivity index (χ0v) is 21.0. The van der Waals surface area contributed by atoms with Crippen molar-refractivity contribution in [2.75, 3.05) is 38.2 Å². The van der Waals surface area contributed by atoms with E-state index in [1.165, 1.54) is 6.33 Å². The van der Waals surface area contributed by atoms with Gasteiger partial charge in [-0.2, -0.15) is 18.4 Å². The van der Waals surface area contributed by atoms with Gasteiger partial charge in [0.1, 0.15) is 34.5 Å². The molecule has 37 heavy (non-hydrogen) atoms. The number of hydrogen-bond donors (Lipinski definition) is 1. The van der Waals surface area contributed by atoms with E-state index in [0.717, 1.165) is 84.9 Å². The van der Waals surface area contributed by atoms with Crippen molar-refractivity contribution in [3.05, 3.63) is 46.7 Å². The molecule has 3 aromatic heterocycles. The third-order valence-corrected chi connectivity index (χ3v) is 8.57. The highest BCUT2D eigenvalue weighted by molar-refractivity contribution is 7.18. The third-order valence-electron chi connectivity index (χ3n) is 7.53. The van der Waals surface area contributed by atoms with Crippen LogP contribution in [0, 0.1) is 16.7 Å². The van der Waals surface area contributed by atoms with E-state index in [1.54, 1.807) is 13.2 Å². The first-order valence-corrected chi connectivity index (χ1v) is 12.9. The van der Waals surface area contributed by atoms with Gasteiger partial charge < -0.3 is 14.6 Å². The second kappa shape index (κ2) is 8.89. The molecule has 7 nitrogen and oxygen atoms in total. The molecule has 2 saturated heterocycles. The van der Waals surface area contributed by atoms with E-state index in [2.05, 4.69) is 36.9 Å². The molecule has 0 aliphatic carbocycles. The Labute approximate surface area is 215 Å². The van der Waals surface area contributed by atoms with Crippen molar-refractivity contribution in [2.45, 2.75) is 32.0 Å². The molecule has 6 rings (SSSR count). The zero-order chi connectivity index (χ0) is 25.8. The Bertz CT molecular complexity index is 1520. The van der Waals surface area contributed by atoms with Gasteiger partial charge in [-0.1, -0.05) is 0 Å². The van der Waals surface area contributed by atoms with Crippen molar-refractivity contribution in [3.63, 3.8) is 0 Å². The number of aromatic amines is 1. The minimum absolute atomic E-state index is 0.113. The predicted octanol–water partition coefficient (Wildman–Crippen LogP) is 5.26. The molecule has 1 atom stereocenters. The van der Waals surface area contributed by atoms with Crippen LogP contribution >= 0.6 is 11.3 Å². The molecule has 0 bridgehead atoms. The fourth-order valence-electron chi connectivity index (χ4n) is 5.86. The number of nitrogens with zero attached hydrogens (tertiary/aromatic N) is 5. The number of benzene rings is 1. The molecule has 5 heterocycles. The molecule has 1 N–H and O–H groups in total. The van der Waals surface area contributed by atoms with Crippen molar-refractivity contribution >= 4 is 38.3 Å². The number of halogens is 3. The molecule has 11 heteroatoms. The van der Waals surface area contributed by atoms with Crippen molar-refractivity contribution in [2.24, 2.45) is 5.41 Å². The molecule has 1 unspecified atom stereocenters. The fraction of sp³-hybridized carbons (Fsp3) is 0.423. The molecular weight excluding hydrogens is 501 g/mol. The summed E-state index contributed by atoms with van der Waals surface area (Å²) in [4.78, 5) is 17.3. The van der Waals surface area contributed by atoms with E-state index in [-0.39, 0.29) is 10.3 Å². The van der Waals surface area contributed by atoms with Gasteiger partial charge in [-0.25, -0.2) is 9.97 Å². The highest BCUT2D eigenvalue weighted by atomic mass is 32.1. The molecule has 0 saturated carbocycles. The molecule has 2 aliphatic rings. The number of nitrogens with one attached hydrogen (secondary N) is 1. The van der Waals surface area contributed by atoms with E-state index in [0.29, 0.717) is 15.9 Å². The van der Waals surface area contributed by atoms with Gasteiger partial charge in [0.25, 0.3) is 0 Å². The van der Waals surface area contributed by atoms with Crippen molar-refractivity contribution in [1.29, 1.82) is 5.26 Å². The fourth-order valence-corrected chi connectivity index (χ4v) is 6.89. The molecule has 2 aliphatic heterocycles. The maximum absolute atomic E-state index is 12.9. The Balaban J connectivity index is 1.19. The summed E-state index contributed by atoms with van der Waals surface area (Å²) < 4.78 is 44.5. The van der Waals surface area contributed by atoms with Crippen LogP contribution in [0.15, 0.2) is 30.6 Å². The summed E-state index contributed by atoms with van der Waals surface area (Å²) in [6, 6.07) is 9.64. The van der Waals surface area contributed by atoms with Gasteiger partial charge in [-0.15, -0.1) is 11.3 Å². The number of hydrogen-bond acceptors (Lipinski definition) is 7. The van der Waals surface area contributed by atoms with Crippen molar-refractivity contribution in [1.82, 2.24) is 19.9 Å². The highest BCUT2D eigenvalue weighted by Gasteiger charge is 2.44. The van der Waals surface area contributed by atoms with E-state index in [9.17, 15) is 18.4 Å². The number of thiophene rings is 1. The van der Waals surface area contributed by atoms with Crippen molar-refractivity contribution in [3.8, 4) is 11.8 Å². The van der Waals surface area contributed by atoms with Crippen LogP contribution in [0.3, 0.4) is 0 Å². The summed E-state index contributed by atoms with van der Waals surface area (Å²) in [5.74, 6) is 1.53. The number of methoxy groups -OCH3 is 1. The number of rotatable bonds is 5. The SMILES string of the molecule is COc1cc2[nH]c(C#N)cc2cc1CN1CCC2(CCN(c3ncnc4sc(CC(F)(F)F)cc34)C2)C1. The Kier molecular flexibility index (Phi) is 5.76. The van der Waals surface area contributed by atoms with Gasteiger partial charge in [0.15, 0.2) is 0 Å². The molecule has 4 aromatic rings. The summed E-state index contributed by atoms with van der Waals surface area (Å²) in [6.07, 6.45) is -1.67. The highest BCUT2D eigenvalue weighted by Crippen LogP contribution is 2.43. The van der Waals surface area contributed by atoms with Crippen LogP contribution in [0.4, 0.5) is 19.0 Å².